The molecule has 0 amide bonds. The Kier molecular flexibility index (Phi) is 3.67. The van der Waals surface area contributed by atoms with E-state index in [1.807, 2.05) is 11.3 Å². The van der Waals surface area contributed by atoms with Crippen LogP contribution in [0.5, 0.6) is 0 Å². The van der Waals surface area contributed by atoms with Gasteiger partial charge in [0.15, 0.2) is 0 Å². The molecule has 2 rings (SSSR count). The summed E-state index contributed by atoms with van der Waals surface area (Å²) in [6.45, 7) is 6.30. The summed E-state index contributed by atoms with van der Waals surface area (Å²) in [6.07, 6.45) is 2.84. The molecular weight excluding hydrogens is 216 g/mol. The fourth-order valence-corrected chi connectivity index (χ4v) is 3.13. The number of hydrogen-bond donors (Lipinski definition) is 1. The Bertz CT molecular complexity index is 355. The van der Waals surface area contributed by atoms with E-state index in [1.54, 1.807) is 0 Å². The van der Waals surface area contributed by atoms with Gasteiger partial charge in [-0.2, -0.15) is 0 Å². The predicted octanol–water partition coefficient (Wildman–Crippen LogP) is 2.75. The van der Waals surface area contributed by atoms with Crippen LogP contribution < -0.4 is 5.73 Å². The monoisotopic (exact) mass is 238 g/mol. The lowest BCUT2D eigenvalue weighted by Crippen LogP contribution is -2.30. The average molecular weight is 238 g/mol. The van der Waals surface area contributed by atoms with Crippen molar-refractivity contribution in [2.24, 2.45) is 11.7 Å². The van der Waals surface area contributed by atoms with Gasteiger partial charge in [-0.15, -0.1) is 11.3 Å². The summed E-state index contributed by atoms with van der Waals surface area (Å²) in [7, 11) is 2.24. The van der Waals surface area contributed by atoms with Crippen molar-refractivity contribution in [3.05, 3.63) is 21.4 Å². The first-order valence-electron chi connectivity index (χ1n) is 6.10. The summed E-state index contributed by atoms with van der Waals surface area (Å²) in [5, 5.41) is 0. The molecule has 1 heterocycles. The Labute approximate surface area is 102 Å². The molecule has 1 aliphatic carbocycles. The minimum atomic E-state index is 0.674. The number of hydrogen-bond acceptors (Lipinski definition) is 3. The molecule has 2 N–H and O–H groups in total. The van der Waals surface area contributed by atoms with Crippen molar-refractivity contribution in [1.82, 2.24) is 4.90 Å². The second-order valence-electron chi connectivity index (χ2n) is 4.99. The van der Waals surface area contributed by atoms with Crippen molar-refractivity contribution in [2.45, 2.75) is 45.8 Å². The van der Waals surface area contributed by atoms with Crippen LogP contribution >= 0.6 is 11.3 Å². The standard InChI is InChI=1S/C13H22N2S/c1-9(11-4-5-11)15(3)8-12-6-13(7-14)16-10(12)2/h6,9,11H,4-5,7-8,14H2,1-3H3. The lowest BCUT2D eigenvalue weighted by molar-refractivity contribution is 0.226. The normalized spacial score (nSPS) is 18.1. The van der Waals surface area contributed by atoms with Gasteiger partial charge >= 0.3 is 0 Å². The van der Waals surface area contributed by atoms with Gasteiger partial charge in [-0.25, -0.2) is 0 Å². The third kappa shape index (κ3) is 2.65. The van der Waals surface area contributed by atoms with Crippen molar-refractivity contribution in [3.8, 4) is 0 Å². The van der Waals surface area contributed by atoms with E-state index in [2.05, 4.69) is 31.9 Å². The first-order chi connectivity index (χ1) is 7.61. The Hall–Kier alpha value is -0.380. The molecule has 0 saturated heterocycles. The predicted molar refractivity (Wildman–Crippen MR) is 70.6 cm³/mol. The summed E-state index contributed by atoms with van der Waals surface area (Å²) in [6, 6.07) is 3.00. The van der Waals surface area contributed by atoms with E-state index >= 15 is 0 Å². The summed E-state index contributed by atoms with van der Waals surface area (Å²) in [5.74, 6) is 0.943. The van der Waals surface area contributed by atoms with Crippen LogP contribution in [0.1, 0.15) is 35.1 Å². The molecule has 0 bridgehead atoms. The van der Waals surface area contributed by atoms with Gasteiger partial charge < -0.3 is 5.73 Å². The Morgan fingerprint density at radius 3 is 2.75 bits per heavy atom. The second-order valence-corrected chi connectivity index (χ2v) is 6.33. The molecular formula is C13H22N2S. The van der Waals surface area contributed by atoms with Crippen molar-refractivity contribution < 1.29 is 0 Å². The quantitative estimate of drug-likeness (QED) is 0.854. The molecule has 1 aromatic rings. The number of rotatable bonds is 5. The van der Waals surface area contributed by atoms with Gasteiger partial charge in [-0.1, -0.05) is 0 Å². The van der Waals surface area contributed by atoms with Crippen LogP contribution in [0.25, 0.3) is 0 Å². The number of aryl methyl sites for hydroxylation is 1. The van der Waals surface area contributed by atoms with Crippen molar-refractivity contribution in [1.29, 1.82) is 0 Å². The van der Waals surface area contributed by atoms with Gasteiger partial charge in [-0.3, -0.25) is 4.90 Å². The van der Waals surface area contributed by atoms with E-state index in [0.717, 1.165) is 18.5 Å². The van der Waals surface area contributed by atoms with E-state index in [9.17, 15) is 0 Å². The lowest BCUT2D eigenvalue weighted by Gasteiger charge is -2.24. The van der Waals surface area contributed by atoms with E-state index in [0.29, 0.717) is 6.54 Å². The highest BCUT2D eigenvalue weighted by Crippen LogP contribution is 2.35. The van der Waals surface area contributed by atoms with Gasteiger partial charge in [0, 0.05) is 28.9 Å². The molecule has 1 fully saturated rings. The van der Waals surface area contributed by atoms with E-state index in [1.165, 1.54) is 28.2 Å². The van der Waals surface area contributed by atoms with Crippen LogP contribution in [-0.4, -0.2) is 18.0 Å². The van der Waals surface area contributed by atoms with Gasteiger partial charge in [0.25, 0.3) is 0 Å². The zero-order chi connectivity index (χ0) is 11.7. The molecule has 0 aliphatic heterocycles. The Morgan fingerprint density at radius 2 is 2.25 bits per heavy atom. The van der Waals surface area contributed by atoms with Crippen molar-refractivity contribution >= 4 is 11.3 Å². The maximum absolute atomic E-state index is 5.68. The third-order valence-electron chi connectivity index (χ3n) is 3.69. The highest BCUT2D eigenvalue weighted by molar-refractivity contribution is 7.12. The first-order valence-corrected chi connectivity index (χ1v) is 6.92. The summed E-state index contributed by atoms with van der Waals surface area (Å²) in [4.78, 5) is 5.21. The molecule has 1 unspecified atom stereocenters. The van der Waals surface area contributed by atoms with Gasteiger partial charge in [0.2, 0.25) is 0 Å². The lowest BCUT2D eigenvalue weighted by atomic mass is 10.1. The first kappa shape index (κ1) is 12.1. The van der Waals surface area contributed by atoms with Crippen LogP contribution in [0, 0.1) is 12.8 Å². The molecule has 3 heteroatoms. The molecule has 0 radical (unpaired) electrons. The zero-order valence-electron chi connectivity index (χ0n) is 10.5. The van der Waals surface area contributed by atoms with Crippen LogP contribution in [0.2, 0.25) is 0 Å². The molecule has 90 valence electrons. The van der Waals surface area contributed by atoms with Gasteiger partial charge in [0.1, 0.15) is 0 Å². The minimum absolute atomic E-state index is 0.674. The van der Waals surface area contributed by atoms with Crippen LogP contribution in [0.15, 0.2) is 6.07 Å². The summed E-state index contributed by atoms with van der Waals surface area (Å²) < 4.78 is 0. The molecule has 0 spiro atoms. The van der Waals surface area contributed by atoms with E-state index in [4.69, 9.17) is 5.73 Å². The summed E-state index contributed by atoms with van der Waals surface area (Å²) in [5.41, 5.74) is 7.14. The fourth-order valence-electron chi connectivity index (χ4n) is 2.20. The average Bonchev–Trinajstić information content (AvgIpc) is 3.04. The highest BCUT2D eigenvalue weighted by Gasteiger charge is 2.30. The Morgan fingerprint density at radius 1 is 1.56 bits per heavy atom. The molecule has 1 atom stereocenters. The van der Waals surface area contributed by atoms with Crippen LogP contribution in [0.3, 0.4) is 0 Å². The number of thiophene rings is 1. The topological polar surface area (TPSA) is 29.3 Å². The summed E-state index contributed by atoms with van der Waals surface area (Å²) >= 11 is 1.84. The van der Waals surface area contributed by atoms with Crippen LogP contribution in [-0.2, 0) is 13.1 Å². The molecule has 1 aromatic heterocycles. The van der Waals surface area contributed by atoms with Crippen molar-refractivity contribution in [3.63, 3.8) is 0 Å². The molecule has 0 aromatic carbocycles. The maximum atomic E-state index is 5.68. The highest BCUT2D eigenvalue weighted by atomic mass is 32.1. The molecule has 2 nitrogen and oxygen atoms in total. The van der Waals surface area contributed by atoms with Gasteiger partial charge in [0.05, 0.1) is 0 Å². The maximum Gasteiger partial charge on any atom is 0.0274 e. The van der Waals surface area contributed by atoms with E-state index in [-0.39, 0.29) is 0 Å². The zero-order valence-corrected chi connectivity index (χ0v) is 11.3. The molecule has 1 saturated carbocycles. The van der Waals surface area contributed by atoms with E-state index < -0.39 is 0 Å². The molecule has 1 aliphatic rings. The smallest absolute Gasteiger partial charge is 0.0274 e. The number of nitrogens with zero attached hydrogens (tertiary/aromatic N) is 1. The van der Waals surface area contributed by atoms with Crippen molar-refractivity contribution in [2.75, 3.05) is 7.05 Å². The second kappa shape index (κ2) is 4.86. The van der Waals surface area contributed by atoms with Gasteiger partial charge in [-0.05, 0) is 51.3 Å². The largest absolute Gasteiger partial charge is 0.326 e. The third-order valence-corrected chi connectivity index (χ3v) is 4.81. The minimum Gasteiger partial charge on any atom is -0.326 e. The Balaban J connectivity index is 1.98. The SMILES string of the molecule is Cc1sc(CN)cc1CN(C)C(C)C1CC1. The fraction of sp³-hybridized carbons (Fsp3) is 0.692. The number of nitrogens with two attached hydrogens (primary N) is 1. The molecule has 16 heavy (non-hydrogen) atoms. The van der Waals surface area contributed by atoms with Crippen LogP contribution in [0.4, 0.5) is 0 Å².